The fraction of sp³-hybridized carbons (Fsp3) is 0. The molecule has 0 N–H and O–H groups in total. The van der Waals surface area contributed by atoms with E-state index in [9.17, 15) is 13.2 Å². The molecule has 2 aromatic heterocycles. The summed E-state index contributed by atoms with van der Waals surface area (Å²) in [6.07, 6.45) is 0. The predicted octanol–water partition coefficient (Wildman–Crippen LogP) is 9.92. The molecule has 0 aliphatic carbocycles. The summed E-state index contributed by atoms with van der Waals surface area (Å²) in [7, 11) is -4.02. The Bertz CT molecular complexity index is 2860. The fourth-order valence-corrected chi connectivity index (χ4v) is 9.43. The van der Waals surface area contributed by atoms with Crippen LogP contribution in [0.15, 0.2) is 168 Å². The molecule has 0 radical (unpaired) electrons. The average Bonchev–Trinajstić information content (AvgIpc) is 3.67. The molecule has 232 valence electrons. The van der Waals surface area contributed by atoms with Gasteiger partial charge in [-0.05, 0) is 71.8 Å². The zero-order valence-electron chi connectivity index (χ0n) is 26.0. The molecule has 0 atom stereocenters. The highest BCUT2D eigenvalue weighted by molar-refractivity contribution is 7.91. The maximum Gasteiger partial charge on any atom is 0.208 e. The van der Waals surface area contributed by atoms with E-state index in [1.54, 1.807) is 24.3 Å². The van der Waals surface area contributed by atoms with Crippen LogP contribution in [-0.4, -0.2) is 23.3 Å². The quantitative estimate of drug-likeness (QED) is 0.191. The van der Waals surface area contributed by atoms with Crippen LogP contribution in [0.2, 0.25) is 0 Å². The summed E-state index contributed by atoms with van der Waals surface area (Å²) in [6.45, 7) is 0. The summed E-state index contributed by atoms with van der Waals surface area (Å²) in [4.78, 5) is 14.3. The highest BCUT2D eigenvalue weighted by Crippen LogP contribution is 2.42. The number of hydrogen-bond donors (Lipinski definition) is 0. The molecule has 0 saturated heterocycles. The van der Waals surface area contributed by atoms with Crippen molar-refractivity contribution in [3.8, 4) is 22.5 Å². The Morgan fingerprint density at radius 3 is 1.41 bits per heavy atom. The van der Waals surface area contributed by atoms with Gasteiger partial charge < -0.3 is 9.13 Å². The van der Waals surface area contributed by atoms with E-state index in [2.05, 4.69) is 57.7 Å². The normalized spacial score (nSPS) is 13.7. The number of benzene rings is 7. The molecule has 10 rings (SSSR count). The average molecular weight is 651 g/mol. The van der Waals surface area contributed by atoms with Crippen LogP contribution in [0, 0.1) is 0 Å². The molecule has 1 aliphatic heterocycles. The molecule has 5 nitrogen and oxygen atoms in total. The minimum Gasteiger partial charge on any atom is -0.309 e. The first-order valence-electron chi connectivity index (χ1n) is 16.2. The smallest absolute Gasteiger partial charge is 0.208 e. The van der Waals surface area contributed by atoms with E-state index in [0.29, 0.717) is 11.3 Å². The Labute approximate surface area is 281 Å². The number of sulfone groups is 1. The highest BCUT2D eigenvalue weighted by Gasteiger charge is 2.37. The number of hydrogen-bond acceptors (Lipinski definition) is 3. The maximum absolute atomic E-state index is 14.4. The minimum atomic E-state index is -4.02. The van der Waals surface area contributed by atoms with Crippen LogP contribution in [0.3, 0.4) is 0 Å². The number of carbonyl (C=O) groups excluding carboxylic acids is 1. The summed E-state index contributed by atoms with van der Waals surface area (Å²) in [5.41, 5.74) is 7.58. The summed E-state index contributed by atoms with van der Waals surface area (Å²) < 4.78 is 33.0. The highest BCUT2D eigenvalue weighted by atomic mass is 32.2. The van der Waals surface area contributed by atoms with Crippen molar-refractivity contribution in [2.45, 2.75) is 9.79 Å². The summed E-state index contributed by atoms with van der Waals surface area (Å²) in [5.74, 6) is -0.296. The van der Waals surface area contributed by atoms with E-state index in [4.69, 9.17) is 0 Å². The number of rotatable bonds is 3. The van der Waals surface area contributed by atoms with Gasteiger partial charge in [-0.25, -0.2) is 8.42 Å². The third-order valence-corrected chi connectivity index (χ3v) is 11.7. The SMILES string of the molecule is O=C1c2ccc(-n3c4ccccc4c4ccccc43)cc2S(=O)(=O)c2cccc(-c3ccc(-n4c5ccccc5c5ccccc54)cc3)c21. The largest absolute Gasteiger partial charge is 0.309 e. The summed E-state index contributed by atoms with van der Waals surface area (Å²) >= 11 is 0. The molecule has 0 fully saturated rings. The zero-order valence-corrected chi connectivity index (χ0v) is 26.9. The third kappa shape index (κ3) is 3.86. The molecule has 0 spiro atoms. The lowest BCUT2D eigenvalue weighted by Gasteiger charge is -2.22. The molecule has 0 unspecified atom stereocenters. The molecule has 1 aliphatic rings. The lowest BCUT2D eigenvalue weighted by molar-refractivity contribution is 0.103. The van der Waals surface area contributed by atoms with E-state index in [1.807, 2.05) is 84.9 Å². The number of nitrogens with zero attached hydrogens (tertiary/aromatic N) is 2. The molecule has 6 heteroatoms. The van der Waals surface area contributed by atoms with Crippen molar-refractivity contribution in [2.75, 3.05) is 0 Å². The Balaban J connectivity index is 1.10. The van der Waals surface area contributed by atoms with Crippen LogP contribution in [0.1, 0.15) is 15.9 Å². The van der Waals surface area contributed by atoms with Gasteiger partial charge in [0.15, 0.2) is 5.78 Å². The zero-order chi connectivity index (χ0) is 32.9. The van der Waals surface area contributed by atoms with Crippen LogP contribution in [0.4, 0.5) is 0 Å². The number of aromatic nitrogens is 2. The monoisotopic (exact) mass is 650 g/mol. The van der Waals surface area contributed by atoms with Crippen molar-refractivity contribution in [2.24, 2.45) is 0 Å². The van der Waals surface area contributed by atoms with Crippen LogP contribution in [-0.2, 0) is 9.84 Å². The third-order valence-electron chi connectivity index (χ3n) is 9.90. The van der Waals surface area contributed by atoms with Crippen LogP contribution in [0.5, 0.6) is 0 Å². The Morgan fingerprint density at radius 1 is 0.408 bits per heavy atom. The molecule has 0 amide bonds. The summed E-state index contributed by atoms with van der Waals surface area (Å²) in [6, 6.07) is 51.1. The van der Waals surface area contributed by atoms with Gasteiger partial charge in [-0.1, -0.05) is 97.1 Å². The Morgan fingerprint density at radius 2 is 0.878 bits per heavy atom. The van der Waals surface area contributed by atoms with E-state index in [1.165, 1.54) is 10.8 Å². The minimum absolute atomic E-state index is 0.0308. The molecule has 3 heterocycles. The standard InChI is InChI=1S/C43H26N2O3S/c46-43-35-25-24-29(45-38-17-7-3-12-33(38)34-13-4-8-18-39(34)45)26-41(35)49(47,48)40-19-9-14-30(42(40)43)27-20-22-28(23-21-27)44-36-15-5-1-10-31(36)32-11-2-6-16-37(32)44/h1-26H. The van der Waals surface area contributed by atoms with Crippen LogP contribution in [0.25, 0.3) is 66.1 Å². The van der Waals surface area contributed by atoms with Crippen molar-refractivity contribution < 1.29 is 13.2 Å². The molecule has 0 bridgehead atoms. The Hall–Kier alpha value is -6.24. The van der Waals surface area contributed by atoms with Gasteiger partial charge in [0.1, 0.15) is 0 Å². The topological polar surface area (TPSA) is 61.1 Å². The lowest BCUT2D eigenvalue weighted by Crippen LogP contribution is -2.21. The van der Waals surface area contributed by atoms with Gasteiger partial charge in [0, 0.05) is 44.0 Å². The van der Waals surface area contributed by atoms with Gasteiger partial charge in [0.05, 0.1) is 31.9 Å². The first-order valence-corrected chi connectivity index (χ1v) is 17.6. The van der Waals surface area contributed by atoms with Crippen molar-refractivity contribution in [3.05, 3.63) is 169 Å². The van der Waals surface area contributed by atoms with Crippen LogP contribution >= 0.6 is 0 Å². The van der Waals surface area contributed by atoms with E-state index in [0.717, 1.165) is 44.1 Å². The second-order valence-electron chi connectivity index (χ2n) is 12.5. The van der Waals surface area contributed by atoms with Gasteiger partial charge in [0.2, 0.25) is 9.84 Å². The van der Waals surface area contributed by atoms with Crippen molar-refractivity contribution in [1.82, 2.24) is 9.13 Å². The predicted molar refractivity (Wildman–Crippen MR) is 196 cm³/mol. The van der Waals surface area contributed by atoms with Gasteiger partial charge in [0.25, 0.3) is 0 Å². The number of carbonyl (C=O) groups is 1. The summed E-state index contributed by atoms with van der Waals surface area (Å²) in [5, 5.41) is 4.51. The van der Waals surface area contributed by atoms with E-state index >= 15 is 0 Å². The first kappa shape index (κ1) is 27.8. The second-order valence-corrected chi connectivity index (χ2v) is 14.4. The van der Waals surface area contributed by atoms with Gasteiger partial charge >= 0.3 is 0 Å². The Kier molecular flexibility index (Phi) is 5.75. The molecule has 7 aromatic carbocycles. The maximum atomic E-state index is 14.4. The molecule has 0 saturated carbocycles. The fourth-order valence-electron chi connectivity index (χ4n) is 7.73. The molecule has 9 aromatic rings. The van der Waals surface area contributed by atoms with Gasteiger partial charge in [-0.15, -0.1) is 0 Å². The second kappa shape index (κ2) is 10.1. The van der Waals surface area contributed by atoms with Crippen LogP contribution < -0.4 is 0 Å². The van der Waals surface area contributed by atoms with Crippen molar-refractivity contribution in [1.29, 1.82) is 0 Å². The van der Waals surface area contributed by atoms with Crippen molar-refractivity contribution >= 4 is 59.2 Å². The molecular weight excluding hydrogens is 625 g/mol. The van der Waals surface area contributed by atoms with E-state index in [-0.39, 0.29) is 26.7 Å². The molecule has 49 heavy (non-hydrogen) atoms. The number of fused-ring (bicyclic) bond motifs is 8. The number of para-hydroxylation sites is 4. The van der Waals surface area contributed by atoms with E-state index < -0.39 is 9.84 Å². The van der Waals surface area contributed by atoms with Crippen molar-refractivity contribution in [3.63, 3.8) is 0 Å². The first-order chi connectivity index (χ1) is 24.0. The number of ketones is 1. The van der Waals surface area contributed by atoms with Gasteiger partial charge in [-0.3, -0.25) is 4.79 Å². The van der Waals surface area contributed by atoms with Gasteiger partial charge in [-0.2, -0.15) is 0 Å². The molecular formula is C43H26N2O3S. The lowest BCUT2D eigenvalue weighted by atomic mass is 9.93.